The second-order valence-electron chi connectivity index (χ2n) is 3.95. The number of hydrogen-bond acceptors (Lipinski definition) is 1. The molecule has 100 valence electrons. The lowest BCUT2D eigenvalue weighted by Gasteiger charge is -2.14. The minimum absolute atomic E-state index is 0.197. The fraction of sp³-hybridized carbons (Fsp3) is 0.143. The van der Waals surface area contributed by atoms with Crippen molar-refractivity contribution >= 4 is 11.6 Å². The molecule has 5 heteroatoms. The molecule has 0 saturated heterocycles. The average molecular weight is 287 g/mol. The average Bonchev–Trinajstić information content (AvgIpc) is 2.36. The van der Waals surface area contributed by atoms with Crippen LogP contribution in [0.1, 0.15) is 16.5 Å². The second kappa shape index (κ2) is 5.53. The monoisotopic (exact) mass is 286 g/mol. The van der Waals surface area contributed by atoms with E-state index in [1.165, 1.54) is 25.3 Å². The first-order valence-electron chi connectivity index (χ1n) is 5.44. The van der Waals surface area contributed by atoms with Crippen molar-refractivity contribution in [2.24, 2.45) is 0 Å². The Morgan fingerprint density at radius 1 is 0.947 bits per heavy atom. The Labute approximate surface area is 113 Å². The number of rotatable bonds is 3. The zero-order chi connectivity index (χ0) is 14.0. The number of methoxy groups -OCH3 is 1. The molecule has 2 aromatic carbocycles. The van der Waals surface area contributed by atoms with E-state index in [0.29, 0.717) is 11.3 Å². The SMILES string of the molecule is COc1ccc(F)cc1C(Cl)c1cc(F)cc(F)c1. The summed E-state index contributed by atoms with van der Waals surface area (Å²) in [5.74, 6) is -1.63. The molecule has 0 aromatic heterocycles. The Morgan fingerprint density at radius 3 is 2.16 bits per heavy atom. The van der Waals surface area contributed by atoms with Crippen molar-refractivity contribution in [3.05, 3.63) is 65.0 Å². The molecular weight excluding hydrogens is 277 g/mol. The first-order chi connectivity index (χ1) is 9.01. The summed E-state index contributed by atoms with van der Waals surface area (Å²) < 4.78 is 44.6. The molecule has 0 radical (unpaired) electrons. The van der Waals surface area contributed by atoms with Gasteiger partial charge >= 0.3 is 0 Å². The van der Waals surface area contributed by atoms with E-state index >= 15 is 0 Å². The van der Waals surface area contributed by atoms with Crippen LogP contribution < -0.4 is 4.74 Å². The number of benzene rings is 2. The fourth-order valence-electron chi connectivity index (χ4n) is 1.80. The molecule has 0 bridgehead atoms. The van der Waals surface area contributed by atoms with Crippen molar-refractivity contribution in [1.82, 2.24) is 0 Å². The molecular formula is C14H10ClF3O. The van der Waals surface area contributed by atoms with Gasteiger partial charge in [0.05, 0.1) is 12.5 Å². The van der Waals surface area contributed by atoms with Crippen LogP contribution in [-0.4, -0.2) is 7.11 Å². The van der Waals surface area contributed by atoms with E-state index in [9.17, 15) is 13.2 Å². The molecule has 0 fully saturated rings. The van der Waals surface area contributed by atoms with Crippen LogP contribution in [-0.2, 0) is 0 Å². The second-order valence-corrected chi connectivity index (χ2v) is 4.39. The van der Waals surface area contributed by atoms with Gasteiger partial charge in [0, 0.05) is 11.6 Å². The highest BCUT2D eigenvalue weighted by Crippen LogP contribution is 2.35. The van der Waals surface area contributed by atoms with E-state index in [0.717, 1.165) is 18.2 Å². The molecule has 1 unspecified atom stereocenters. The van der Waals surface area contributed by atoms with Crippen molar-refractivity contribution in [3.63, 3.8) is 0 Å². The van der Waals surface area contributed by atoms with Gasteiger partial charge in [-0.25, -0.2) is 13.2 Å². The van der Waals surface area contributed by atoms with Crippen LogP contribution in [0.4, 0.5) is 13.2 Å². The molecule has 0 N–H and O–H groups in total. The lowest BCUT2D eigenvalue weighted by atomic mass is 10.0. The van der Waals surface area contributed by atoms with E-state index in [-0.39, 0.29) is 5.56 Å². The number of hydrogen-bond donors (Lipinski definition) is 0. The van der Waals surface area contributed by atoms with Crippen molar-refractivity contribution < 1.29 is 17.9 Å². The Balaban J connectivity index is 2.48. The molecule has 0 aliphatic carbocycles. The largest absolute Gasteiger partial charge is 0.496 e. The molecule has 1 nitrogen and oxygen atoms in total. The van der Waals surface area contributed by atoms with Gasteiger partial charge in [-0.1, -0.05) is 0 Å². The summed E-state index contributed by atoms with van der Waals surface area (Å²) in [5.41, 5.74) is 0.511. The highest BCUT2D eigenvalue weighted by atomic mass is 35.5. The zero-order valence-corrected chi connectivity index (χ0v) is 10.7. The van der Waals surface area contributed by atoms with Gasteiger partial charge in [0.1, 0.15) is 23.2 Å². The maximum atomic E-state index is 13.3. The number of ether oxygens (including phenoxy) is 1. The Morgan fingerprint density at radius 2 is 1.58 bits per heavy atom. The molecule has 0 heterocycles. The van der Waals surface area contributed by atoms with Gasteiger partial charge < -0.3 is 4.74 Å². The van der Waals surface area contributed by atoms with E-state index in [1.54, 1.807) is 0 Å². The normalized spacial score (nSPS) is 12.3. The highest BCUT2D eigenvalue weighted by Gasteiger charge is 2.18. The van der Waals surface area contributed by atoms with Crippen LogP contribution >= 0.6 is 11.6 Å². The first-order valence-corrected chi connectivity index (χ1v) is 5.88. The van der Waals surface area contributed by atoms with Crippen LogP contribution in [0, 0.1) is 17.5 Å². The predicted molar refractivity (Wildman–Crippen MR) is 67.0 cm³/mol. The molecule has 2 aromatic rings. The van der Waals surface area contributed by atoms with Gasteiger partial charge in [-0.3, -0.25) is 0 Å². The lowest BCUT2D eigenvalue weighted by molar-refractivity contribution is 0.408. The molecule has 19 heavy (non-hydrogen) atoms. The summed E-state index contributed by atoms with van der Waals surface area (Å²) in [4.78, 5) is 0. The van der Waals surface area contributed by atoms with Gasteiger partial charge in [-0.2, -0.15) is 0 Å². The number of alkyl halides is 1. The van der Waals surface area contributed by atoms with E-state index < -0.39 is 22.8 Å². The van der Waals surface area contributed by atoms with Crippen LogP contribution in [0.5, 0.6) is 5.75 Å². The van der Waals surface area contributed by atoms with Crippen molar-refractivity contribution in [1.29, 1.82) is 0 Å². The maximum absolute atomic E-state index is 13.3. The van der Waals surface area contributed by atoms with Gasteiger partial charge in [-0.15, -0.1) is 11.6 Å². The summed E-state index contributed by atoms with van der Waals surface area (Å²) >= 11 is 6.15. The molecule has 0 amide bonds. The van der Waals surface area contributed by atoms with Gasteiger partial charge in [0.15, 0.2) is 0 Å². The van der Waals surface area contributed by atoms with E-state index in [4.69, 9.17) is 16.3 Å². The van der Waals surface area contributed by atoms with Crippen LogP contribution in [0.15, 0.2) is 36.4 Å². The Kier molecular flexibility index (Phi) is 4.00. The van der Waals surface area contributed by atoms with Crippen LogP contribution in [0.25, 0.3) is 0 Å². The minimum atomic E-state index is -0.907. The van der Waals surface area contributed by atoms with Crippen molar-refractivity contribution in [2.75, 3.05) is 7.11 Å². The summed E-state index contributed by atoms with van der Waals surface area (Å²) in [6.45, 7) is 0. The first kappa shape index (κ1) is 13.7. The van der Waals surface area contributed by atoms with Crippen molar-refractivity contribution in [3.8, 4) is 5.75 Å². The van der Waals surface area contributed by atoms with Crippen LogP contribution in [0.2, 0.25) is 0 Å². The zero-order valence-electron chi connectivity index (χ0n) is 9.96. The highest BCUT2D eigenvalue weighted by molar-refractivity contribution is 6.22. The quantitative estimate of drug-likeness (QED) is 0.758. The molecule has 2 rings (SSSR count). The van der Waals surface area contributed by atoms with Crippen LogP contribution in [0.3, 0.4) is 0 Å². The van der Waals surface area contributed by atoms with Gasteiger partial charge in [0.25, 0.3) is 0 Å². The summed E-state index contributed by atoms with van der Waals surface area (Å²) in [7, 11) is 1.41. The number of halogens is 4. The third-order valence-electron chi connectivity index (χ3n) is 2.64. The lowest BCUT2D eigenvalue weighted by Crippen LogP contribution is -1.99. The summed E-state index contributed by atoms with van der Waals surface area (Å²) in [6, 6.07) is 6.76. The Hall–Kier alpha value is -1.68. The summed E-state index contributed by atoms with van der Waals surface area (Å²) in [6.07, 6.45) is 0. The molecule has 0 aliphatic heterocycles. The van der Waals surface area contributed by atoms with E-state index in [2.05, 4.69) is 0 Å². The predicted octanol–water partition coefficient (Wildman–Crippen LogP) is 4.44. The Bertz CT molecular complexity index is 581. The van der Waals surface area contributed by atoms with Gasteiger partial charge in [0.2, 0.25) is 0 Å². The van der Waals surface area contributed by atoms with Gasteiger partial charge in [-0.05, 0) is 35.9 Å². The molecule has 1 atom stereocenters. The standard InChI is InChI=1S/C14H10ClF3O/c1-19-13-3-2-9(16)7-12(13)14(15)8-4-10(17)6-11(18)5-8/h2-7,14H,1H3. The maximum Gasteiger partial charge on any atom is 0.126 e. The third kappa shape index (κ3) is 3.01. The topological polar surface area (TPSA) is 9.23 Å². The summed E-state index contributed by atoms with van der Waals surface area (Å²) in [5, 5.41) is -0.907. The third-order valence-corrected chi connectivity index (χ3v) is 3.13. The molecule has 0 spiro atoms. The fourth-order valence-corrected chi connectivity index (χ4v) is 2.10. The smallest absolute Gasteiger partial charge is 0.126 e. The van der Waals surface area contributed by atoms with E-state index in [1.807, 2.05) is 0 Å². The molecule has 0 saturated carbocycles. The molecule has 0 aliphatic rings. The minimum Gasteiger partial charge on any atom is -0.496 e. The van der Waals surface area contributed by atoms with Crippen molar-refractivity contribution in [2.45, 2.75) is 5.38 Å².